The number of carbonyl (C=O) groups excluding carboxylic acids is 1. The van der Waals surface area contributed by atoms with Gasteiger partial charge in [0.05, 0.1) is 13.2 Å². The van der Waals surface area contributed by atoms with Gasteiger partial charge in [0, 0.05) is 18.0 Å². The molecule has 1 amide bonds. The summed E-state index contributed by atoms with van der Waals surface area (Å²) in [6.45, 7) is 6.85. The van der Waals surface area contributed by atoms with Crippen molar-refractivity contribution in [3.63, 3.8) is 0 Å². The van der Waals surface area contributed by atoms with Crippen LogP contribution in [0.2, 0.25) is 0 Å². The van der Waals surface area contributed by atoms with Crippen LogP contribution >= 0.6 is 0 Å². The quantitative estimate of drug-likeness (QED) is 0.711. The molecule has 1 N–H and O–H groups in total. The van der Waals surface area contributed by atoms with Crippen LogP contribution in [-0.4, -0.2) is 37.1 Å². The summed E-state index contributed by atoms with van der Waals surface area (Å²) in [5, 5.41) is 2.96. The maximum atomic E-state index is 12.0. The Balaban J connectivity index is 1.36. The van der Waals surface area contributed by atoms with E-state index >= 15 is 0 Å². The van der Waals surface area contributed by atoms with E-state index in [4.69, 9.17) is 18.9 Å². The molecule has 2 aromatic rings. The average molecular weight is 426 g/mol. The molecule has 1 aliphatic carbocycles. The Morgan fingerprint density at radius 2 is 1.71 bits per heavy atom. The van der Waals surface area contributed by atoms with Crippen molar-refractivity contribution in [2.45, 2.75) is 64.1 Å². The number of amides is 1. The standard InChI is InChI=1S/C25H31NO5/c1-25(2,3)31-24(27)26-20-10-11-22(16-20)30-21-9-5-7-18(15-21)17-6-4-8-19(14-17)23-28-12-13-29-23/h4-9,14-15,20,22-23H,10-13,16H2,1-3H3,(H,26,27)/t20-,22+/m1/s1. The molecule has 0 radical (unpaired) electrons. The second-order valence-electron chi connectivity index (χ2n) is 9.12. The predicted octanol–water partition coefficient (Wildman–Crippen LogP) is 5.22. The summed E-state index contributed by atoms with van der Waals surface area (Å²) in [5.74, 6) is 0.833. The number of carbonyl (C=O) groups is 1. The predicted molar refractivity (Wildman–Crippen MR) is 118 cm³/mol. The van der Waals surface area contributed by atoms with Gasteiger partial charge in [-0.05, 0) is 62.9 Å². The summed E-state index contributed by atoms with van der Waals surface area (Å²) in [6, 6.07) is 16.4. The highest BCUT2D eigenvalue weighted by atomic mass is 16.7. The van der Waals surface area contributed by atoms with Crippen LogP contribution in [0, 0.1) is 0 Å². The molecule has 31 heavy (non-hydrogen) atoms. The highest BCUT2D eigenvalue weighted by Gasteiger charge is 2.29. The van der Waals surface area contributed by atoms with Crippen LogP contribution in [0.1, 0.15) is 51.9 Å². The van der Waals surface area contributed by atoms with Gasteiger partial charge < -0.3 is 24.3 Å². The van der Waals surface area contributed by atoms with Crippen molar-refractivity contribution in [1.29, 1.82) is 0 Å². The molecule has 1 aliphatic heterocycles. The number of nitrogens with one attached hydrogen (secondary N) is 1. The van der Waals surface area contributed by atoms with Crippen molar-refractivity contribution < 1.29 is 23.7 Å². The molecule has 6 heteroatoms. The van der Waals surface area contributed by atoms with Gasteiger partial charge in [0.1, 0.15) is 17.5 Å². The molecule has 0 unspecified atom stereocenters. The zero-order valence-corrected chi connectivity index (χ0v) is 18.4. The molecule has 1 saturated heterocycles. The van der Waals surface area contributed by atoms with Crippen molar-refractivity contribution in [3.05, 3.63) is 54.1 Å². The zero-order chi connectivity index (χ0) is 21.8. The molecule has 4 rings (SSSR count). The average Bonchev–Trinajstić information content (AvgIpc) is 3.39. The summed E-state index contributed by atoms with van der Waals surface area (Å²) >= 11 is 0. The lowest BCUT2D eigenvalue weighted by Gasteiger charge is -2.21. The number of hydrogen-bond acceptors (Lipinski definition) is 5. The topological polar surface area (TPSA) is 66.0 Å². The third kappa shape index (κ3) is 5.99. The van der Waals surface area contributed by atoms with Crippen molar-refractivity contribution in [1.82, 2.24) is 5.32 Å². The minimum atomic E-state index is -0.494. The first-order valence-electron chi connectivity index (χ1n) is 11.0. The molecule has 2 aromatic carbocycles. The Labute approximate surface area is 183 Å². The van der Waals surface area contributed by atoms with Crippen LogP contribution in [-0.2, 0) is 14.2 Å². The lowest BCUT2D eigenvalue weighted by atomic mass is 10.0. The molecule has 2 fully saturated rings. The Morgan fingerprint density at radius 1 is 1.00 bits per heavy atom. The molecule has 1 saturated carbocycles. The fourth-order valence-electron chi connectivity index (χ4n) is 4.01. The maximum Gasteiger partial charge on any atom is 0.407 e. The van der Waals surface area contributed by atoms with Gasteiger partial charge in [0.2, 0.25) is 0 Å². The van der Waals surface area contributed by atoms with Crippen molar-refractivity contribution >= 4 is 6.09 Å². The second-order valence-corrected chi connectivity index (χ2v) is 9.12. The first kappa shape index (κ1) is 21.7. The van der Waals surface area contributed by atoms with Gasteiger partial charge in [-0.15, -0.1) is 0 Å². The van der Waals surface area contributed by atoms with E-state index in [1.165, 1.54) is 0 Å². The van der Waals surface area contributed by atoms with Gasteiger partial charge in [-0.25, -0.2) is 4.79 Å². The van der Waals surface area contributed by atoms with E-state index in [1.54, 1.807) is 0 Å². The minimum absolute atomic E-state index is 0.0711. The fraction of sp³-hybridized carbons (Fsp3) is 0.480. The first-order chi connectivity index (χ1) is 14.9. The molecule has 2 atom stereocenters. The summed E-state index contributed by atoms with van der Waals surface area (Å²) in [5.41, 5.74) is 2.71. The Hall–Kier alpha value is -2.57. The van der Waals surface area contributed by atoms with E-state index in [0.29, 0.717) is 13.2 Å². The normalized spacial score (nSPS) is 21.8. The third-order valence-electron chi connectivity index (χ3n) is 5.36. The summed E-state index contributed by atoms with van der Waals surface area (Å²) in [6.07, 6.45) is 1.98. The first-order valence-corrected chi connectivity index (χ1v) is 11.0. The van der Waals surface area contributed by atoms with Crippen LogP contribution in [0.25, 0.3) is 11.1 Å². The number of rotatable bonds is 5. The lowest BCUT2D eigenvalue weighted by molar-refractivity contribution is -0.0440. The number of hydrogen-bond donors (Lipinski definition) is 1. The van der Waals surface area contributed by atoms with Crippen molar-refractivity contribution in [3.8, 4) is 16.9 Å². The monoisotopic (exact) mass is 425 g/mol. The van der Waals surface area contributed by atoms with Crippen LogP contribution in [0.15, 0.2) is 48.5 Å². The third-order valence-corrected chi connectivity index (χ3v) is 5.36. The van der Waals surface area contributed by atoms with Crippen LogP contribution in [0.3, 0.4) is 0 Å². The number of benzene rings is 2. The van der Waals surface area contributed by atoms with Gasteiger partial charge in [0.15, 0.2) is 6.29 Å². The molecule has 1 heterocycles. The Kier molecular flexibility index (Phi) is 6.49. The number of ether oxygens (including phenoxy) is 4. The van der Waals surface area contributed by atoms with Crippen LogP contribution in [0.5, 0.6) is 5.75 Å². The molecule has 0 aromatic heterocycles. The summed E-state index contributed by atoms with van der Waals surface area (Å²) in [7, 11) is 0. The summed E-state index contributed by atoms with van der Waals surface area (Å²) < 4.78 is 22.8. The lowest BCUT2D eigenvalue weighted by Crippen LogP contribution is -2.38. The Morgan fingerprint density at radius 3 is 2.45 bits per heavy atom. The minimum Gasteiger partial charge on any atom is -0.490 e. The van der Waals surface area contributed by atoms with E-state index < -0.39 is 5.60 Å². The SMILES string of the molecule is CC(C)(C)OC(=O)N[C@@H]1CC[C@H](Oc2cccc(-c3cccc(C4OCCO4)c3)c2)C1. The largest absolute Gasteiger partial charge is 0.490 e. The molecular weight excluding hydrogens is 394 g/mol. The van der Waals surface area contributed by atoms with Gasteiger partial charge in [-0.3, -0.25) is 0 Å². The van der Waals surface area contributed by atoms with Crippen LogP contribution in [0.4, 0.5) is 4.79 Å². The van der Waals surface area contributed by atoms with E-state index in [0.717, 1.165) is 41.7 Å². The maximum absolute atomic E-state index is 12.0. The van der Waals surface area contributed by atoms with Gasteiger partial charge >= 0.3 is 6.09 Å². The van der Waals surface area contributed by atoms with Gasteiger partial charge in [0.25, 0.3) is 0 Å². The summed E-state index contributed by atoms with van der Waals surface area (Å²) in [4.78, 5) is 12.0. The molecular formula is C25H31NO5. The van der Waals surface area contributed by atoms with Gasteiger partial charge in [-0.1, -0.05) is 30.3 Å². The fourth-order valence-corrected chi connectivity index (χ4v) is 4.01. The smallest absolute Gasteiger partial charge is 0.407 e. The van der Waals surface area contributed by atoms with Crippen molar-refractivity contribution in [2.75, 3.05) is 13.2 Å². The van der Waals surface area contributed by atoms with E-state index in [2.05, 4.69) is 29.6 Å². The van der Waals surface area contributed by atoms with Gasteiger partial charge in [-0.2, -0.15) is 0 Å². The molecule has 0 spiro atoms. The molecule has 2 aliphatic rings. The van der Waals surface area contributed by atoms with Crippen molar-refractivity contribution in [2.24, 2.45) is 0 Å². The van der Waals surface area contributed by atoms with E-state index in [9.17, 15) is 4.79 Å². The molecule has 166 valence electrons. The zero-order valence-electron chi connectivity index (χ0n) is 18.4. The second kappa shape index (κ2) is 9.28. The van der Waals surface area contributed by atoms with E-state index in [1.807, 2.05) is 45.0 Å². The van der Waals surface area contributed by atoms with Crippen LogP contribution < -0.4 is 10.1 Å². The highest BCUT2D eigenvalue weighted by Crippen LogP contribution is 2.31. The van der Waals surface area contributed by atoms with E-state index in [-0.39, 0.29) is 24.5 Å². The Bertz CT molecular complexity index is 901. The molecule has 6 nitrogen and oxygen atoms in total. The number of alkyl carbamates (subject to hydrolysis) is 1. The highest BCUT2D eigenvalue weighted by molar-refractivity contribution is 5.68. The molecule has 0 bridgehead atoms.